The summed E-state index contributed by atoms with van der Waals surface area (Å²) >= 11 is 0. The van der Waals surface area contributed by atoms with E-state index in [-0.39, 0.29) is 5.85 Å². The number of hydrogen-bond acceptors (Lipinski definition) is 2. The lowest BCUT2D eigenvalue weighted by molar-refractivity contribution is 0.278. The van der Waals surface area contributed by atoms with Crippen LogP contribution >= 0.6 is 8.81 Å². The van der Waals surface area contributed by atoms with Gasteiger partial charge in [0.1, 0.15) is 11.6 Å². The maximum absolute atomic E-state index is 5.60. The molecular formula is C10H15O2P. The molecule has 3 heteroatoms. The van der Waals surface area contributed by atoms with Gasteiger partial charge >= 0.3 is 0 Å². The lowest BCUT2D eigenvalue weighted by atomic mass is 10.3. The van der Waals surface area contributed by atoms with Gasteiger partial charge < -0.3 is 9.26 Å². The van der Waals surface area contributed by atoms with Crippen molar-refractivity contribution in [2.45, 2.75) is 19.7 Å². The summed E-state index contributed by atoms with van der Waals surface area (Å²) in [5.41, 5.74) is 0. The van der Waals surface area contributed by atoms with Crippen LogP contribution in [0.2, 0.25) is 0 Å². The van der Waals surface area contributed by atoms with E-state index in [2.05, 4.69) is 0 Å². The van der Waals surface area contributed by atoms with Gasteiger partial charge in [-0.1, -0.05) is 18.2 Å². The van der Waals surface area contributed by atoms with Gasteiger partial charge in [-0.2, -0.15) is 0 Å². The summed E-state index contributed by atoms with van der Waals surface area (Å²) in [4.78, 5) is 0. The number of para-hydroxylation sites is 1. The lowest BCUT2D eigenvalue weighted by Gasteiger charge is -2.13. The van der Waals surface area contributed by atoms with Crippen LogP contribution in [0.5, 0.6) is 5.75 Å². The Labute approximate surface area is 81.1 Å². The Morgan fingerprint density at radius 1 is 1.31 bits per heavy atom. The van der Waals surface area contributed by atoms with E-state index in [0.29, 0.717) is 8.81 Å². The van der Waals surface area contributed by atoms with E-state index in [1.54, 1.807) is 0 Å². The first-order valence-corrected chi connectivity index (χ1v) is 5.40. The summed E-state index contributed by atoms with van der Waals surface area (Å²) in [6, 6.07) is 9.81. The lowest BCUT2D eigenvalue weighted by Crippen LogP contribution is -2.05. The Morgan fingerprint density at radius 3 is 2.62 bits per heavy atom. The van der Waals surface area contributed by atoms with Crippen LogP contribution in [0.4, 0.5) is 0 Å². The molecule has 0 aliphatic carbocycles. The van der Waals surface area contributed by atoms with Crippen molar-refractivity contribution in [3.05, 3.63) is 30.3 Å². The standard InChI is InChI=1S/C10H15O2P/c1-3-11-13-9(2)12-10-7-5-4-6-8-10/h4-9,13H,3H2,1-2H3. The maximum Gasteiger partial charge on any atom is 0.136 e. The molecule has 0 bridgehead atoms. The first-order valence-electron chi connectivity index (χ1n) is 4.42. The Bertz CT molecular complexity index is 226. The van der Waals surface area contributed by atoms with Crippen LogP contribution in [-0.2, 0) is 4.52 Å². The van der Waals surface area contributed by atoms with Crippen molar-refractivity contribution in [1.29, 1.82) is 0 Å². The fourth-order valence-corrected chi connectivity index (χ4v) is 1.51. The van der Waals surface area contributed by atoms with Crippen molar-refractivity contribution in [1.82, 2.24) is 0 Å². The van der Waals surface area contributed by atoms with Gasteiger partial charge in [0, 0.05) is 6.61 Å². The molecule has 0 spiro atoms. The predicted molar refractivity (Wildman–Crippen MR) is 56.5 cm³/mol. The molecule has 0 aliphatic heterocycles. The van der Waals surface area contributed by atoms with E-state index in [1.165, 1.54) is 0 Å². The summed E-state index contributed by atoms with van der Waals surface area (Å²) in [6.07, 6.45) is 0. The van der Waals surface area contributed by atoms with Crippen LogP contribution < -0.4 is 4.74 Å². The number of rotatable bonds is 5. The van der Waals surface area contributed by atoms with Gasteiger partial charge in [-0.3, -0.25) is 0 Å². The summed E-state index contributed by atoms with van der Waals surface area (Å²) < 4.78 is 10.9. The highest BCUT2D eigenvalue weighted by Crippen LogP contribution is 2.23. The van der Waals surface area contributed by atoms with Crippen LogP contribution in [0.1, 0.15) is 13.8 Å². The molecule has 0 fully saturated rings. The van der Waals surface area contributed by atoms with Gasteiger partial charge in [0.25, 0.3) is 0 Å². The molecule has 0 saturated heterocycles. The molecule has 0 heterocycles. The normalized spacial score (nSPS) is 13.4. The molecule has 0 N–H and O–H groups in total. The molecule has 13 heavy (non-hydrogen) atoms. The van der Waals surface area contributed by atoms with Gasteiger partial charge in [0.2, 0.25) is 0 Å². The highest BCUT2D eigenvalue weighted by molar-refractivity contribution is 7.32. The molecule has 1 aromatic carbocycles. The molecule has 0 aromatic heterocycles. The van der Waals surface area contributed by atoms with E-state index in [4.69, 9.17) is 9.26 Å². The van der Waals surface area contributed by atoms with Gasteiger partial charge in [-0.15, -0.1) is 0 Å². The van der Waals surface area contributed by atoms with Gasteiger partial charge in [0.05, 0.1) is 8.81 Å². The topological polar surface area (TPSA) is 18.5 Å². The third-order valence-corrected chi connectivity index (χ3v) is 2.35. The second-order valence-corrected chi connectivity index (χ2v) is 3.96. The Balaban J connectivity index is 2.32. The Morgan fingerprint density at radius 2 is 2.00 bits per heavy atom. The van der Waals surface area contributed by atoms with Crippen molar-refractivity contribution in [3.63, 3.8) is 0 Å². The molecule has 2 atom stereocenters. The van der Waals surface area contributed by atoms with E-state index in [9.17, 15) is 0 Å². The minimum Gasteiger partial charge on any atom is -0.484 e. The molecule has 1 rings (SSSR count). The predicted octanol–water partition coefficient (Wildman–Crippen LogP) is 3.04. The Kier molecular flexibility index (Phi) is 4.81. The Hall–Kier alpha value is -0.590. The third kappa shape index (κ3) is 4.25. The van der Waals surface area contributed by atoms with Crippen molar-refractivity contribution in [3.8, 4) is 5.75 Å². The van der Waals surface area contributed by atoms with E-state index >= 15 is 0 Å². The SMILES string of the molecule is CCOPC(C)Oc1ccccc1. The van der Waals surface area contributed by atoms with Crippen molar-refractivity contribution in [2.24, 2.45) is 0 Å². The van der Waals surface area contributed by atoms with Crippen LogP contribution in [0.25, 0.3) is 0 Å². The van der Waals surface area contributed by atoms with Gasteiger partial charge in [-0.05, 0) is 26.0 Å². The zero-order chi connectivity index (χ0) is 9.52. The molecule has 0 saturated carbocycles. The van der Waals surface area contributed by atoms with E-state index < -0.39 is 0 Å². The monoisotopic (exact) mass is 198 g/mol. The molecule has 72 valence electrons. The molecule has 2 nitrogen and oxygen atoms in total. The minimum absolute atomic E-state index is 0.141. The molecule has 0 aliphatic rings. The molecule has 2 unspecified atom stereocenters. The number of benzene rings is 1. The van der Waals surface area contributed by atoms with Crippen molar-refractivity contribution < 1.29 is 9.26 Å². The summed E-state index contributed by atoms with van der Waals surface area (Å²) in [5, 5.41) is 0. The molecular weight excluding hydrogens is 183 g/mol. The fraction of sp³-hybridized carbons (Fsp3) is 0.400. The van der Waals surface area contributed by atoms with Crippen molar-refractivity contribution in [2.75, 3.05) is 6.61 Å². The van der Waals surface area contributed by atoms with Gasteiger partial charge in [-0.25, -0.2) is 0 Å². The van der Waals surface area contributed by atoms with Crippen molar-refractivity contribution >= 4 is 8.81 Å². The second-order valence-electron chi connectivity index (χ2n) is 2.62. The molecule has 0 amide bonds. The first-order chi connectivity index (χ1) is 6.33. The first kappa shape index (κ1) is 10.5. The smallest absolute Gasteiger partial charge is 0.136 e. The van der Waals surface area contributed by atoms with Crippen LogP contribution in [0.3, 0.4) is 0 Å². The highest BCUT2D eigenvalue weighted by atomic mass is 31.1. The summed E-state index contributed by atoms with van der Waals surface area (Å²) in [5.74, 6) is 1.05. The summed E-state index contributed by atoms with van der Waals surface area (Å²) in [6.45, 7) is 4.75. The second kappa shape index (κ2) is 5.95. The number of ether oxygens (including phenoxy) is 1. The molecule has 1 aromatic rings. The van der Waals surface area contributed by atoms with E-state index in [1.807, 2.05) is 44.2 Å². The third-order valence-electron chi connectivity index (χ3n) is 1.45. The average molecular weight is 198 g/mol. The van der Waals surface area contributed by atoms with Crippen LogP contribution in [0, 0.1) is 0 Å². The van der Waals surface area contributed by atoms with E-state index in [0.717, 1.165) is 12.4 Å². The summed E-state index contributed by atoms with van der Waals surface area (Å²) in [7, 11) is 0.409. The average Bonchev–Trinajstić information content (AvgIpc) is 2.16. The highest BCUT2D eigenvalue weighted by Gasteiger charge is 2.02. The van der Waals surface area contributed by atoms with Crippen LogP contribution in [0.15, 0.2) is 30.3 Å². The minimum atomic E-state index is 0.141. The zero-order valence-electron chi connectivity index (χ0n) is 7.99. The zero-order valence-corrected chi connectivity index (χ0v) is 8.99. The quantitative estimate of drug-likeness (QED) is 0.677. The largest absolute Gasteiger partial charge is 0.484 e. The molecule has 0 radical (unpaired) electrons. The maximum atomic E-state index is 5.60. The van der Waals surface area contributed by atoms with Gasteiger partial charge in [0.15, 0.2) is 0 Å². The number of hydrogen-bond donors (Lipinski definition) is 0. The fourth-order valence-electron chi connectivity index (χ4n) is 0.928. The van der Waals surface area contributed by atoms with Crippen LogP contribution in [-0.4, -0.2) is 12.5 Å².